The van der Waals surface area contributed by atoms with Crippen LogP contribution in [0.5, 0.6) is 5.75 Å². The number of methoxy groups -OCH3 is 1. The molecule has 0 bridgehead atoms. The zero-order valence-corrected chi connectivity index (χ0v) is 24.5. The van der Waals surface area contributed by atoms with Gasteiger partial charge in [-0.3, -0.25) is 24.0 Å². The zero-order chi connectivity index (χ0) is 29.3. The molecule has 2 aromatic rings. The number of hydrogen-bond acceptors (Lipinski definition) is 7. The van der Waals surface area contributed by atoms with E-state index >= 15 is 0 Å². The molecule has 14 heteroatoms. The normalized spacial score (nSPS) is 11.9. The second-order valence-corrected chi connectivity index (χ2v) is 11.5. The van der Waals surface area contributed by atoms with Gasteiger partial charge in [-0.1, -0.05) is 49.5 Å². The summed E-state index contributed by atoms with van der Waals surface area (Å²) in [6.07, 6.45) is 2.70. The maximum atomic E-state index is 13.8. The Labute approximate surface area is 238 Å². The van der Waals surface area contributed by atoms with E-state index in [0.717, 1.165) is 35.5 Å². The number of halogens is 2. The number of hydrogen-bond donors (Lipinski definition) is 1. The largest absolute Gasteiger partial charge is 0.495 e. The lowest BCUT2D eigenvalue weighted by atomic mass is 10.1. The molecule has 2 aromatic carbocycles. The third-order valence-corrected chi connectivity index (χ3v) is 7.61. The molecule has 11 nitrogen and oxygen atoms in total. The van der Waals surface area contributed by atoms with E-state index in [0.29, 0.717) is 17.1 Å². The number of sulfonamides is 1. The highest BCUT2D eigenvalue weighted by molar-refractivity contribution is 7.92. The van der Waals surface area contributed by atoms with Crippen molar-refractivity contribution in [2.24, 2.45) is 0 Å². The van der Waals surface area contributed by atoms with Crippen molar-refractivity contribution in [3.8, 4) is 5.75 Å². The van der Waals surface area contributed by atoms with E-state index in [4.69, 9.17) is 27.9 Å². The fraction of sp³-hybridized carbons (Fsp3) is 0.440. The molecule has 1 N–H and O–H groups in total. The summed E-state index contributed by atoms with van der Waals surface area (Å²) >= 11 is 12.4. The van der Waals surface area contributed by atoms with Crippen molar-refractivity contribution in [3.63, 3.8) is 0 Å². The molecule has 0 aliphatic rings. The second kappa shape index (κ2) is 14.3. The number of non-ortho nitro benzene ring substituents is 1. The van der Waals surface area contributed by atoms with Crippen LogP contribution >= 0.6 is 23.2 Å². The first-order valence-electron chi connectivity index (χ1n) is 12.1. The Morgan fingerprint density at radius 1 is 1.15 bits per heavy atom. The summed E-state index contributed by atoms with van der Waals surface area (Å²) in [4.78, 5) is 38.9. The van der Waals surface area contributed by atoms with Gasteiger partial charge < -0.3 is 15.0 Å². The minimum absolute atomic E-state index is 0.00970. The average Bonchev–Trinajstić information content (AvgIpc) is 2.87. The minimum Gasteiger partial charge on any atom is -0.495 e. The first kappa shape index (κ1) is 32.1. The predicted octanol–water partition coefficient (Wildman–Crippen LogP) is 4.40. The SMILES string of the molecule is CCCCNC(=O)C(CC)N(Cc1ccc(Cl)cc1Cl)C(=O)CN(c1cc([N+](=O)[O-])ccc1OC)S(C)(=O)=O. The molecule has 0 fully saturated rings. The van der Waals surface area contributed by atoms with Gasteiger partial charge in [0.2, 0.25) is 21.8 Å². The third kappa shape index (κ3) is 8.70. The van der Waals surface area contributed by atoms with Crippen LogP contribution < -0.4 is 14.4 Å². The lowest BCUT2D eigenvalue weighted by Crippen LogP contribution is -2.52. The fourth-order valence-corrected chi connectivity index (χ4v) is 5.15. The summed E-state index contributed by atoms with van der Waals surface area (Å²) in [5.74, 6) is -1.11. The van der Waals surface area contributed by atoms with Crippen molar-refractivity contribution in [3.05, 3.63) is 62.1 Å². The Kier molecular flexibility index (Phi) is 11.8. The molecular weight excluding hydrogens is 571 g/mol. The fourth-order valence-electron chi connectivity index (χ4n) is 3.84. The van der Waals surface area contributed by atoms with Crippen molar-refractivity contribution < 1.29 is 27.7 Å². The number of nitrogens with one attached hydrogen (secondary N) is 1. The number of ether oxygens (including phenoxy) is 1. The Morgan fingerprint density at radius 2 is 1.85 bits per heavy atom. The van der Waals surface area contributed by atoms with Crippen LogP contribution in [0.3, 0.4) is 0 Å². The van der Waals surface area contributed by atoms with Crippen LogP contribution in [-0.4, -0.2) is 62.6 Å². The standard InChI is InChI=1S/C25H32Cl2N4O7S/c1-5-7-12-28-25(33)21(6-2)29(15-17-8-9-18(26)13-20(17)27)24(32)16-30(39(4,36)37)22-14-19(31(34)35)10-11-23(22)38-3/h8-11,13-14,21H,5-7,12,15-16H2,1-4H3,(H,28,33). The van der Waals surface area contributed by atoms with Gasteiger partial charge in [0.1, 0.15) is 24.0 Å². The predicted molar refractivity (Wildman–Crippen MR) is 151 cm³/mol. The van der Waals surface area contributed by atoms with Crippen molar-refractivity contribution in [2.45, 2.75) is 45.7 Å². The number of anilines is 1. The lowest BCUT2D eigenvalue weighted by molar-refractivity contribution is -0.384. The summed E-state index contributed by atoms with van der Waals surface area (Å²) in [6.45, 7) is 3.25. The van der Waals surface area contributed by atoms with Crippen LogP contribution in [0.1, 0.15) is 38.7 Å². The third-order valence-electron chi connectivity index (χ3n) is 5.89. The maximum Gasteiger partial charge on any atom is 0.271 e. The van der Waals surface area contributed by atoms with Gasteiger partial charge in [0.05, 0.1) is 18.3 Å². The summed E-state index contributed by atoms with van der Waals surface area (Å²) in [6, 6.07) is 7.18. The van der Waals surface area contributed by atoms with E-state index in [1.165, 1.54) is 24.1 Å². The van der Waals surface area contributed by atoms with Gasteiger partial charge in [-0.05, 0) is 36.6 Å². The van der Waals surface area contributed by atoms with Gasteiger partial charge in [0.15, 0.2) is 0 Å². The molecular formula is C25H32Cl2N4O7S. The van der Waals surface area contributed by atoms with Gasteiger partial charge in [-0.25, -0.2) is 8.42 Å². The molecule has 0 aliphatic heterocycles. The van der Waals surface area contributed by atoms with Gasteiger partial charge in [0.25, 0.3) is 5.69 Å². The molecule has 0 saturated heterocycles. The Hall–Kier alpha value is -3.09. The van der Waals surface area contributed by atoms with Gasteiger partial charge in [-0.15, -0.1) is 0 Å². The molecule has 0 aliphatic carbocycles. The lowest BCUT2D eigenvalue weighted by Gasteiger charge is -2.33. The molecule has 1 unspecified atom stereocenters. The maximum absolute atomic E-state index is 13.8. The van der Waals surface area contributed by atoms with Gasteiger partial charge in [0, 0.05) is 35.3 Å². The monoisotopic (exact) mass is 602 g/mol. The summed E-state index contributed by atoms with van der Waals surface area (Å²) in [7, 11) is -2.87. The number of nitro benzene ring substituents is 1. The van der Waals surface area contributed by atoms with E-state index < -0.39 is 45.0 Å². The van der Waals surface area contributed by atoms with Crippen LogP contribution in [0, 0.1) is 10.1 Å². The Morgan fingerprint density at radius 3 is 2.38 bits per heavy atom. The topological polar surface area (TPSA) is 139 Å². The van der Waals surface area contributed by atoms with E-state index in [1.54, 1.807) is 19.1 Å². The van der Waals surface area contributed by atoms with Crippen LogP contribution in [0.15, 0.2) is 36.4 Å². The Balaban J connectivity index is 2.56. The number of carbonyl (C=O) groups is 2. The van der Waals surface area contributed by atoms with E-state index in [9.17, 15) is 28.1 Å². The molecule has 39 heavy (non-hydrogen) atoms. The Bertz CT molecular complexity index is 1310. The van der Waals surface area contributed by atoms with Crippen molar-refractivity contribution in [1.82, 2.24) is 10.2 Å². The van der Waals surface area contributed by atoms with E-state index in [1.807, 2.05) is 6.92 Å². The van der Waals surface area contributed by atoms with Gasteiger partial charge in [-0.2, -0.15) is 0 Å². The van der Waals surface area contributed by atoms with Crippen molar-refractivity contribution in [2.75, 3.05) is 30.8 Å². The molecule has 0 radical (unpaired) electrons. The second-order valence-electron chi connectivity index (χ2n) is 8.71. The number of carbonyl (C=O) groups excluding carboxylic acids is 2. The van der Waals surface area contributed by atoms with Crippen molar-refractivity contribution in [1.29, 1.82) is 0 Å². The van der Waals surface area contributed by atoms with Crippen LogP contribution in [0.4, 0.5) is 11.4 Å². The summed E-state index contributed by atoms with van der Waals surface area (Å²) in [5, 5.41) is 14.8. The zero-order valence-electron chi connectivity index (χ0n) is 22.1. The quantitative estimate of drug-likeness (QED) is 0.192. The average molecular weight is 604 g/mol. The van der Waals surface area contributed by atoms with Crippen LogP contribution in [-0.2, 0) is 26.2 Å². The van der Waals surface area contributed by atoms with Crippen LogP contribution in [0.25, 0.3) is 0 Å². The molecule has 0 saturated carbocycles. The van der Waals surface area contributed by atoms with Crippen LogP contribution in [0.2, 0.25) is 10.0 Å². The molecule has 0 aromatic heterocycles. The molecule has 0 heterocycles. The number of unbranched alkanes of at least 4 members (excludes halogenated alkanes) is 1. The highest BCUT2D eigenvalue weighted by Crippen LogP contribution is 2.34. The summed E-state index contributed by atoms with van der Waals surface area (Å²) in [5.41, 5.74) is -0.0843. The summed E-state index contributed by atoms with van der Waals surface area (Å²) < 4.78 is 31.7. The van der Waals surface area contributed by atoms with E-state index in [2.05, 4.69) is 5.32 Å². The first-order chi connectivity index (χ1) is 18.3. The van der Waals surface area contributed by atoms with Gasteiger partial charge >= 0.3 is 0 Å². The highest BCUT2D eigenvalue weighted by atomic mass is 35.5. The smallest absolute Gasteiger partial charge is 0.271 e. The number of nitrogens with zero attached hydrogens (tertiary/aromatic N) is 3. The molecule has 2 rings (SSSR count). The number of nitro groups is 1. The minimum atomic E-state index is -4.14. The molecule has 214 valence electrons. The number of rotatable bonds is 14. The molecule has 1 atom stereocenters. The number of amides is 2. The number of benzene rings is 2. The first-order valence-corrected chi connectivity index (χ1v) is 14.8. The van der Waals surface area contributed by atoms with E-state index in [-0.39, 0.29) is 29.4 Å². The van der Waals surface area contributed by atoms with Crippen molar-refractivity contribution >= 4 is 56.4 Å². The molecule has 0 spiro atoms. The highest BCUT2D eigenvalue weighted by Gasteiger charge is 2.33. The molecule has 2 amide bonds.